The SMILES string of the molecule is CCCN1C(=O)C(=O)/C(=C(\O)c2ccncc2)C1c1ccco1. The first-order chi connectivity index (χ1) is 11.1. The monoisotopic (exact) mass is 312 g/mol. The Morgan fingerprint density at radius 3 is 2.65 bits per heavy atom. The van der Waals surface area contributed by atoms with Gasteiger partial charge in [0, 0.05) is 24.5 Å². The largest absolute Gasteiger partial charge is 0.507 e. The average molecular weight is 312 g/mol. The molecule has 1 atom stereocenters. The van der Waals surface area contributed by atoms with Gasteiger partial charge in [0.25, 0.3) is 11.7 Å². The number of hydrogen-bond acceptors (Lipinski definition) is 5. The van der Waals surface area contributed by atoms with Gasteiger partial charge >= 0.3 is 0 Å². The first kappa shape index (κ1) is 15.0. The maximum Gasteiger partial charge on any atom is 0.295 e. The van der Waals surface area contributed by atoms with E-state index in [0.717, 1.165) is 0 Å². The van der Waals surface area contributed by atoms with Gasteiger partial charge in [0.1, 0.15) is 17.6 Å². The molecule has 1 aliphatic heterocycles. The van der Waals surface area contributed by atoms with Crippen molar-refractivity contribution in [2.75, 3.05) is 6.54 Å². The Morgan fingerprint density at radius 1 is 1.30 bits per heavy atom. The van der Waals surface area contributed by atoms with Crippen LogP contribution < -0.4 is 0 Å². The van der Waals surface area contributed by atoms with Crippen molar-refractivity contribution in [3.63, 3.8) is 0 Å². The Labute approximate surface area is 133 Å². The summed E-state index contributed by atoms with van der Waals surface area (Å²) in [5, 5.41) is 10.6. The van der Waals surface area contributed by atoms with E-state index in [1.807, 2.05) is 6.92 Å². The molecular weight excluding hydrogens is 296 g/mol. The van der Waals surface area contributed by atoms with Crippen LogP contribution in [0.5, 0.6) is 0 Å². The van der Waals surface area contributed by atoms with Crippen molar-refractivity contribution < 1.29 is 19.1 Å². The predicted octanol–water partition coefficient (Wildman–Crippen LogP) is 2.51. The molecule has 1 unspecified atom stereocenters. The summed E-state index contributed by atoms with van der Waals surface area (Å²) in [5.41, 5.74) is 0.482. The molecule has 0 aromatic carbocycles. The average Bonchev–Trinajstić information content (AvgIpc) is 3.18. The molecule has 0 radical (unpaired) electrons. The number of aliphatic hydroxyl groups excluding tert-OH is 1. The van der Waals surface area contributed by atoms with Crippen molar-refractivity contribution in [1.82, 2.24) is 9.88 Å². The second kappa shape index (κ2) is 6.08. The van der Waals surface area contributed by atoms with Gasteiger partial charge in [-0.15, -0.1) is 0 Å². The zero-order valence-corrected chi connectivity index (χ0v) is 12.6. The zero-order valence-electron chi connectivity index (χ0n) is 12.6. The number of hydrogen-bond donors (Lipinski definition) is 1. The number of carbonyl (C=O) groups excluding carboxylic acids is 2. The van der Waals surface area contributed by atoms with Gasteiger partial charge in [-0.05, 0) is 30.7 Å². The van der Waals surface area contributed by atoms with Gasteiger partial charge in [-0.1, -0.05) is 6.92 Å². The summed E-state index contributed by atoms with van der Waals surface area (Å²) in [5.74, 6) is -1.09. The van der Waals surface area contributed by atoms with Crippen LogP contribution in [0.15, 0.2) is 52.9 Å². The molecule has 23 heavy (non-hydrogen) atoms. The van der Waals surface area contributed by atoms with Crippen LogP contribution in [0.4, 0.5) is 0 Å². The van der Waals surface area contributed by atoms with E-state index in [2.05, 4.69) is 4.98 Å². The molecule has 6 heteroatoms. The summed E-state index contributed by atoms with van der Waals surface area (Å²) in [6.07, 6.45) is 5.20. The van der Waals surface area contributed by atoms with Gasteiger partial charge in [0.2, 0.25) is 0 Å². The normalized spacial score (nSPS) is 20.2. The fourth-order valence-electron chi connectivity index (χ4n) is 2.76. The lowest BCUT2D eigenvalue weighted by atomic mass is 10.00. The minimum absolute atomic E-state index is 0.0459. The first-order valence-corrected chi connectivity index (χ1v) is 7.37. The highest BCUT2D eigenvalue weighted by Gasteiger charge is 2.46. The maximum atomic E-state index is 12.4. The number of likely N-dealkylation sites (tertiary alicyclic amines) is 1. The Balaban J connectivity index is 2.16. The highest BCUT2D eigenvalue weighted by atomic mass is 16.3. The molecule has 0 saturated carbocycles. The topological polar surface area (TPSA) is 83.6 Å². The summed E-state index contributed by atoms with van der Waals surface area (Å²) in [6, 6.07) is 5.84. The molecule has 2 aromatic rings. The third-order valence-electron chi connectivity index (χ3n) is 3.77. The van der Waals surface area contributed by atoms with E-state index < -0.39 is 17.7 Å². The van der Waals surface area contributed by atoms with Crippen molar-refractivity contribution >= 4 is 17.4 Å². The van der Waals surface area contributed by atoms with Crippen molar-refractivity contribution in [3.05, 3.63) is 59.8 Å². The Hall–Kier alpha value is -2.89. The molecule has 0 bridgehead atoms. The number of pyridine rings is 1. The van der Waals surface area contributed by atoms with Crippen LogP contribution in [0.2, 0.25) is 0 Å². The Morgan fingerprint density at radius 2 is 2.04 bits per heavy atom. The first-order valence-electron chi connectivity index (χ1n) is 7.37. The van der Waals surface area contributed by atoms with Gasteiger partial charge < -0.3 is 14.4 Å². The lowest BCUT2D eigenvalue weighted by Gasteiger charge is -2.22. The quantitative estimate of drug-likeness (QED) is 0.533. The van der Waals surface area contributed by atoms with Crippen LogP contribution in [0, 0.1) is 0 Å². The number of rotatable bonds is 4. The molecule has 0 aliphatic carbocycles. The highest BCUT2D eigenvalue weighted by molar-refractivity contribution is 6.46. The Bertz CT molecular complexity index is 750. The smallest absolute Gasteiger partial charge is 0.295 e. The minimum atomic E-state index is -0.710. The number of nitrogens with zero attached hydrogens (tertiary/aromatic N) is 2. The minimum Gasteiger partial charge on any atom is -0.507 e. The van der Waals surface area contributed by atoms with Gasteiger partial charge in [-0.25, -0.2) is 0 Å². The lowest BCUT2D eigenvalue weighted by molar-refractivity contribution is -0.140. The summed E-state index contributed by atoms with van der Waals surface area (Å²) in [6.45, 7) is 2.32. The maximum absolute atomic E-state index is 12.4. The fraction of sp³-hybridized carbons (Fsp3) is 0.235. The van der Waals surface area contributed by atoms with E-state index in [-0.39, 0.29) is 11.3 Å². The van der Waals surface area contributed by atoms with Gasteiger partial charge in [0.05, 0.1) is 11.8 Å². The Kier molecular flexibility index (Phi) is 3.97. The van der Waals surface area contributed by atoms with Crippen molar-refractivity contribution in [3.8, 4) is 0 Å². The number of amides is 1. The number of Topliss-reactive ketones (excluding diaryl/α,β-unsaturated/α-hetero) is 1. The van der Waals surface area contributed by atoms with Crippen molar-refractivity contribution in [2.24, 2.45) is 0 Å². The van der Waals surface area contributed by atoms with Gasteiger partial charge in [-0.2, -0.15) is 0 Å². The van der Waals surface area contributed by atoms with Crippen LogP contribution in [-0.2, 0) is 9.59 Å². The van der Waals surface area contributed by atoms with E-state index in [4.69, 9.17) is 4.42 Å². The summed E-state index contributed by atoms with van der Waals surface area (Å²) in [7, 11) is 0. The van der Waals surface area contributed by atoms with E-state index in [9.17, 15) is 14.7 Å². The number of aromatic nitrogens is 1. The van der Waals surface area contributed by atoms with Crippen LogP contribution in [0.25, 0.3) is 5.76 Å². The molecule has 2 aromatic heterocycles. The number of furan rings is 1. The second-order valence-corrected chi connectivity index (χ2v) is 5.24. The molecule has 3 heterocycles. The summed E-state index contributed by atoms with van der Waals surface area (Å²) < 4.78 is 5.40. The zero-order chi connectivity index (χ0) is 16.4. The van der Waals surface area contributed by atoms with Crippen LogP contribution >= 0.6 is 0 Å². The lowest BCUT2D eigenvalue weighted by Crippen LogP contribution is -2.30. The van der Waals surface area contributed by atoms with E-state index in [1.165, 1.54) is 23.6 Å². The molecule has 3 rings (SSSR count). The highest BCUT2D eigenvalue weighted by Crippen LogP contribution is 2.39. The molecule has 1 saturated heterocycles. The standard InChI is InChI=1S/C17H16N2O4/c1-2-9-19-14(12-4-3-10-23-12)13(16(21)17(19)22)15(20)11-5-7-18-8-6-11/h3-8,10,14,20H,2,9H2,1H3/b15-13-. The summed E-state index contributed by atoms with van der Waals surface area (Å²) >= 11 is 0. The number of aliphatic hydroxyl groups is 1. The predicted molar refractivity (Wildman–Crippen MR) is 82.2 cm³/mol. The fourth-order valence-corrected chi connectivity index (χ4v) is 2.76. The molecular formula is C17H16N2O4. The third kappa shape index (κ3) is 2.52. The second-order valence-electron chi connectivity index (χ2n) is 5.24. The molecule has 6 nitrogen and oxygen atoms in total. The molecule has 1 N–H and O–H groups in total. The molecule has 1 amide bonds. The van der Waals surface area contributed by atoms with E-state index in [0.29, 0.717) is 24.3 Å². The van der Waals surface area contributed by atoms with E-state index >= 15 is 0 Å². The van der Waals surface area contributed by atoms with E-state index in [1.54, 1.807) is 24.3 Å². The molecule has 1 fully saturated rings. The molecule has 0 spiro atoms. The van der Waals surface area contributed by atoms with Crippen molar-refractivity contribution in [1.29, 1.82) is 0 Å². The molecule has 118 valence electrons. The van der Waals surface area contributed by atoms with Crippen LogP contribution in [0.1, 0.15) is 30.7 Å². The van der Waals surface area contributed by atoms with Crippen LogP contribution in [0.3, 0.4) is 0 Å². The van der Waals surface area contributed by atoms with Gasteiger partial charge in [0.15, 0.2) is 0 Å². The van der Waals surface area contributed by atoms with Crippen LogP contribution in [-0.4, -0.2) is 33.2 Å². The summed E-state index contributed by atoms with van der Waals surface area (Å²) in [4.78, 5) is 30.1. The third-order valence-corrected chi connectivity index (χ3v) is 3.77. The molecule has 1 aliphatic rings. The van der Waals surface area contributed by atoms with Crippen molar-refractivity contribution in [2.45, 2.75) is 19.4 Å². The number of carbonyl (C=O) groups is 2. The van der Waals surface area contributed by atoms with Gasteiger partial charge in [-0.3, -0.25) is 14.6 Å². The number of ketones is 1.